The van der Waals surface area contributed by atoms with Gasteiger partial charge in [0.25, 0.3) is 0 Å². The maximum atomic E-state index is 12.4. The number of alkyl halides is 3. The second-order valence-corrected chi connectivity index (χ2v) is 4.62. The lowest BCUT2D eigenvalue weighted by Crippen LogP contribution is -2.38. The van der Waals surface area contributed by atoms with Crippen molar-refractivity contribution in [3.8, 4) is 0 Å². The van der Waals surface area contributed by atoms with Crippen LogP contribution in [-0.2, 0) is 6.54 Å². The van der Waals surface area contributed by atoms with Crippen molar-refractivity contribution in [2.45, 2.75) is 32.6 Å². The minimum absolute atomic E-state index is 0.0678. The molecule has 0 spiro atoms. The van der Waals surface area contributed by atoms with Gasteiger partial charge in [0.15, 0.2) is 0 Å². The molecule has 1 aromatic rings. The molecular weight excluding hydrogens is 259 g/mol. The second-order valence-electron chi connectivity index (χ2n) is 4.62. The lowest BCUT2D eigenvalue weighted by atomic mass is 10.1. The van der Waals surface area contributed by atoms with Gasteiger partial charge in [0, 0.05) is 12.6 Å². The van der Waals surface area contributed by atoms with Gasteiger partial charge in [-0.3, -0.25) is 4.90 Å². The van der Waals surface area contributed by atoms with Gasteiger partial charge in [0.2, 0.25) is 0 Å². The zero-order valence-electron chi connectivity index (χ0n) is 10.7. The van der Waals surface area contributed by atoms with Crippen LogP contribution in [0, 0.1) is 0 Å². The lowest BCUT2D eigenvalue weighted by molar-refractivity contribution is -0.150. The third-order valence-corrected chi connectivity index (χ3v) is 2.67. The Morgan fingerprint density at radius 2 is 2.00 bits per heavy atom. The van der Waals surface area contributed by atoms with E-state index >= 15 is 0 Å². The molecule has 0 saturated carbocycles. The molecule has 0 fully saturated rings. The van der Waals surface area contributed by atoms with Gasteiger partial charge in [-0.15, -0.1) is 0 Å². The van der Waals surface area contributed by atoms with Crippen molar-refractivity contribution in [1.82, 2.24) is 4.90 Å². The monoisotopic (exact) mass is 275 g/mol. The Hall–Kier alpha value is -1.56. The maximum Gasteiger partial charge on any atom is 0.401 e. The quantitative estimate of drug-likeness (QED) is 0.897. The van der Waals surface area contributed by atoms with Gasteiger partial charge in [-0.2, -0.15) is 13.2 Å². The molecule has 0 unspecified atom stereocenters. The Labute approximate surface area is 109 Å². The molecular formula is C13H16F3NO2. The summed E-state index contributed by atoms with van der Waals surface area (Å²) >= 11 is 0. The molecule has 0 radical (unpaired) electrons. The van der Waals surface area contributed by atoms with Gasteiger partial charge >= 0.3 is 12.1 Å². The van der Waals surface area contributed by atoms with Crippen LogP contribution in [0.4, 0.5) is 13.2 Å². The number of carbonyl (C=O) groups is 1. The Balaban J connectivity index is 2.85. The van der Waals surface area contributed by atoms with E-state index in [9.17, 15) is 18.0 Å². The van der Waals surface area contributed by atoms with Crippen molar-refractivity contribution in [3.05, 3.63) is 35.4 Å². The first-order chi connectivity index (χ1) is 8.69. The number of aromatic carboxylic acids is 1. The number of carboxylic acids is 1. The first kappa shape index (κ1) is 15.5. The van der Waals surface area contributed by atoms with E-state index in [0.29, 0.717) is 5.56 Å². The predicted octanol–water partition coefficient (Wildman–Crippen LogP) is 3.16. The fourth-order valence-electron chi connectivity index (χ4n) is 1.69. The molecule has 6 heteroatoms. The van der Waals surface area contributed by atoms with Crippen LogP contribution in [0.25, 0.3) is 0 Å². The number of nitrogens with zero attached hydrogens (tertiary/aromatic N) is 1. The third-order valence-electron chi connectivity index (χ3n) is 2.67. The van der Waals surface area contributed by atoms with Crippen molar-refractivity contribution in [3.63, 3.8) is 0 Å². The Bertz CT molecular complexity index is 444. The highest BCUT2D eigenvalue weighted by Gasteiger charge is 2.31. The molecule has 0 aliphatic heterocycles. The molecule has 0 aromatic heterocycles. The third kappa shape index (κ3) is 5.30. The number of rotatable bonds is 5. The summed E-state index contributed by atoms with van der Waals surface area (Å²) in [5.41, 5.74) is 0.631. The lowest BCUT2D eigenvalue weighted by Gasteiger charge is -2.27. The average molecular weight is 275 g/mol. The topological polar surface area (TPSA) is 40.5 Å². The summed E-state index contributed by atoms with van der Waals surface area (Å²) in [6.07, 6.45) is -4.27. The van der Waals surface area contributed by atoms with Crippen LogP contribution in [0.3, 0.4) is 0 Å². The van der Waals surface area contributed by atoms with E-state index in [0.717, 1.165) is 0 Å². The van der Waals surface area contributed by atoms with Crippen LogP contribution in [0.15, 0.2) is 24.3 Å². The Kier molecular flexibility index (Phi) is 4.94. The fourth-order valence-corrected chi connectivity index (χ4v) is 1.69. The van der Waals surface area contributed by atoms with Crippen LogP contribution in [-0.4, -0.2) is 34.7 Å². The predicted molar refractivity (Wildman–Crippen MR) is 65.0 cm³/mol. The minimum Gasteiger partial charge on any atom is -0.478 e. The Morgan fingerprint density at radius 3 is 2.47 bits per heavy atom. The van der Waals surface area contributed by atoms with Crippen molar-refractivity contribution >= 4 is 5.97 Å². The molecule has 0 amide bonds. The maximum absolute atomic E-state index is 12.4. The van der Waals surface area contributed by atoms with E-state index in [-0.39, 0.29) is 18.2 Å². The van der Waals surface area contributed by atoms with Crippen LogP contribution in [0.2, 0.25) is 0 Å². The average Bonchev–Trinajstić information content (AvgIpc) is 2.26. The molecule has 0 aliphatic carbocycles. The molecule has 0 saturated heterocycles. The fraction of sp³-hybridized carbons (Fsp3) is 0.462. The zero-order chi connectivity index (χ0) is 14.6. The molecule has 1 aromatic carbocycles. The van der Waals surface area contributed by atoms with Crippen molar-refractivity contribution in [1.29, 1.82) is 0 Å². The number of hydrogen-bond donors (Lipinski definition) is 1. The van der Waals surface area contributed by atoms with Crippen molar-refractivity contribution in [2.75, 3.05) is 6.54 Å². The number of halogens is 3. The highest BCUT2D eigenvalue weighted by atomic mass is 19.4. The summed E-state index contributed by atoms with van der Waals surface area (Å²) in [6, 6.07) is 5.68. The molecule has 3 nitrogen and oxygen atoms in total. The smallest absolute Gasteiger partial charge is 0.401 e. The van der Waals surface area contributed by atoms with Gasteiger partial charge in [0.05, 0.1) is 12.1 Å². The van der Waals surface area contributed by atoms with E-state index in [2.05, 4.69) is 0 Å². The van der Waals surface area contributed by atoms with E-state index in [1.165, 1.54) is 23.1 Å². The van der Waals surface area contributed by atoms with Gasteiger partial charge in [-0.05, 0) is 31.5 Å². The minimum atomic E-state index is -4.27. The molecule has 106 valence electrons. The highest BCUT2D eigenvalue weighted by Crippen LogP contribution is 2.20. The van der Waals surface area contributed by atoms with Gasteiger partial charge < -0.3 is 5.11 Å². The summed E-state index contributed by atoms with van der Waals surface area (Å²) < 4.78 is 37.3. The normalized spacial score (nSPS) is 12.2. The SMILES string of the molecule is CC(C)N(Cc1cccc(C(=O)O)c1)CC(F)(F)F. The second kappa shape index (κ2) is 6.06. The molecule has 0 aliphatic rings. The highest BCUT2D eigenvalue weighted by molar-refractivity contribution is 5.87. The van der Waals surface area contributed by atoms with Gasteiger partial charge in [0.1, 0.15) is 0 Å². The van der Waals surface area contributed by atoms with Crippen LogP contribution in [0.5, 0.6) is 0 Å². The molecule has 1 rings (SSSR count). The van der Waals surface area contributed by atoms with Crippen molar-refractivity contribution in [2.24, 2.45) is 0 Å². The zero-order valence-corrected chi connectivity index (χ0v) is 10.7. The Morgan fingerprint density at radius 1 is 1.37 bits per heavy atom. The van der Waals surface area contributed by atoms with E-state index in [4.69, 9.17) is 5.11 Å². The number of carboxylic acid groups (broad SMARTS) is 1. The number of benzene rings is 1. The molecule has 19 heavy (non-hydrogen) atoms. The molecule has 0 heterocycles. The standard InChI is InChI=1S/C13H16F3NO2/c1-9(2)17(8-13(14,15)16)7-10-4-3-5-11(6-10)12(18)19/h3-6,9H,7-8H2,1-2H3,(H,18,19). The summed E-state index contributed by atoms with van der Waals surface area (Å²) in [7, 11) is 0. The largest absolute Gasteiger partial charge is 0.478 e. The van der Waals surface area contributed by atoms with E-state index in [1.807, 2.05) is 0 Å². The van der Waals surface area contributed by atoms with Gasteiger partial charge in [-0.25, -0.2) is 4.79 Å². The summed E-state index contributed by atoms with van der Waals surface area (Å²) in [6.45, 7) is 2.40. The summed E-state index contributed by atoms with van der Waals surface area (Å²) in [5.74, 6) is -1.09. The number of hydrogen-bond acceptors (Lipinski definition) is 2. The first-order valence-corrected chi connectivity index (χ1v) is 5.82. The van der Waals surface area contributed by atoms with E-state index < -0.39 is 18.7 Å². The first-order valence-electron chi connectivity index (χ1n) is 5.82. The van der Waals surface area contributed by atoms with Crippen LogP contribution in [0.1, 0.15) is 29.8 Å². The molecule has 0 bridgehead atoms. The van der Waals surface area contributed by atoms with Crippen LogP contribution >= 0.6 is 0 Å². The van der Waals surface area contributed by atoms with Crippen molar-refractivity contribution < 1.29 is 23.1 Å². The molecule has 0 atom stereocenters. The summed E-state index contributed by atoms with van der Waals surface area (Å²) in [5, 5.41) is 8.85. The molecule has 1 N–H and O–H groups in total. The van der Waals surface area contributed by atoms with Crippen LogP contribution < -0.4 is 0 Å². The van der Waals surface area contributed by atoms with E-state index in [1.54, 1.807) is 19.9 Å². The van der Waals surface area contributed by atoms with Gasteiger partial charge in [-0.1, -0.05) is 12.1 Å². The summed E-state index contributed by atoms with van der Waals surface area (Å²) in [4.78, 5) is 12.1.